The zero-order valence-corrected chi connectivity index (χ0v) is 16.6. The first-order chi connectivity index (χ1) is 14.5. The first-order valence-corrected chi connectivity index (χ1v) is 9.75. The molecule has 4 heterocycles. The fourth-order valence-electron chi connectivity index (χ4n) is 3.96. The van der Waals surface area contributed by atoms with Crippen molar-refractivity contribution >= 4 is 5.82 Å². The number of halogens is 1. The van der Waals surface area contributed by atoms with Gasteiger partial charge in [0, 0.05) is 47.0 Å². The third-order valence-corrected chi connectivity index (χ3v) is 5.40. The van der Waals surface area contributed by atoms with E-state index in [2.05, 4.69) is 15.2 Å². The summed E-state index contributed by atoms with van der Waals surface area (Å²) < 4.78 is 27.5. The number of aromatic nitrogens is 4. The molecule has 0 amide bonds. The molecule has 5 rings (SSSR count). The number of nitrogen functional groups attached to an aromatic ring is 1. The molecule has 3 aromatic heterocycles. The summed E-state index contributed by atoms with van der Waals surface area (Å²) in [6, 6.07) is 6.43. The lowest BCUT2D eigenvalue weighted by Crippen LogP contribution is -2.10. The molecule has 0 saturated heterocycles. The second-order valence-electron chi connectivity index (χ2n) is 7.30. The van der Waals surface area contributed by atoms with Gasteiger partial charge in [0.15, 0.2) is 11.6 Å². The summed E-state index contributed by atoms with van der Waals surface area (Å²) in [6.07, 6.45) is 5.24. The van der Waals surface area contributed by atoms with Gasteiger partial charge >= 0.3 is 0 Å². The van der Waals surface area contributed by atoms with E-state index in [9.17, 15) is 4.39 Å². The molecule has 0 fully saturated rings. The van der Waals surface area contributed by atoms with Gasteiger partial charge in [0.2, 0.25) is 0 Å². The van der Waals surface area contributed by atoms with E-state index in [-0.39, 0.29) is 11.6 Å². The maximum Gasteiger partial charge on any atom is 0.166 e. The molecule has 2 bridgehead atoms. The van der Waals surface area contributed by atoms with Crippen molar-refractivity contribution in [2.45, 2.75) is 32.9 Å². The quantitative estimate of drug-likeness (QED) is 0.505. The van der Waals surface area contributed by atoms with Crippen molar-refractivity contribution in [3.8, 4) is 28.3 Å². The van der Waals surface area contributed by atoms with Gasteiger partial charge in [0.25, 0.3) is 0 Å². The molecule has 1 atom stereocenters. The third-order valence-electron chi connectivity index (χ3n) is 5.40. The lowest BCUT2D eigenvalue weighted by atomic mass is 9.95. The Labute approximate surface area is 172 Å². The van der Waals surface area contributed by atoms with Crippen LogP contribution >= 0.6 is 0 Å². The van der Waals surface area contributed by atoms with Gasteiger partial charge in [-0.15, -0.1) is 0 Å². The number of nitrogens with zero attached hydrogens (tertiary/aromatic N) is 4. The monoisotopic (exact) mass is 405 g/mol. The Morgan fingerprint density at radius 1 is 1.23 bits per heavy atom. The second-order valence-corrected chi connectivity index (χ2v) is 7.30. The predicted octanol–water partition coefficient (Wildman–Crippen LogP) is 4.39. The van der Waals surface area contributed by atoms with Crippen molar-refractivity contribution in [2.24, 2.45) is 0 Å². The van der Waals surface area contributed by atoms with Gasteiger partial charge in [-0.3, -0.25) is 4.68 Å². The Kier molecular flexibility index (Phi) is 4.27. The molecule has 7 nitrogen and oxygen atoms in total. The lowest BCUT2D eigenvalue weighted by molar-refractivity contribution is 0.227. The van der Waals surface area contributed by atoms with E-state index in [1.165, 1.54) is 12.1 Å². The molecule has 0 radical (unpaired) electrons. The van der Waals surface area contributed by atoms with E-state index < -0.39 is 6.10 Å². The molecule has 1 aliphatic rings. The van der Waals surface area contributed by atoms with Crippen molar-refractivity contribution in [3.05, 3.63) is 65.4 Å². The highest BCUT2D eigenvalue weighted by Gasteiger charge is 2.24. The third kappa shape index (κ3) is 2.92. The van der Waals surface area contributed by atoms with E-state index in [4.69, 9.17) is 15.0 Å². The number of aryl methyl sites for hydroxylation is 1. The molecule has 0 saturated carbocycles. The van der Waals surface area contributed by atoms with Gasteiger partial charge in [-0.25, -0.2) is 9.37 Å². The van der Waals surface area contributed by atoms with Crippen LogP contribution in [0.1, 0.15) is 36.6 Å². The summed E-state index contributed by atoms with van der Waals surface area (Å²) in [4.78, 5) is 4.33. The Morgan fingerprint density at radius 3 is 2.93 bits per heavy atom. The average molecular weight is 405 g/mol. The maximum absolute atomic E-state index is 14.1. The second kappa shape index (κ2) is 6.98. The molecule has 1 aliphatic heterocycles. The molecule has 0 unspecified atom stereocenters. The van der Waals surface area contributed by atoms with Crippen molar-refractivity contribution in [1.82, 2.24) is 19.9 Å². The molecular formula is C22H20FN5O2. The van der Waals surface area contributed by atoms with Gasteiger partial charge in [-0.1, -0.05) is 5.16 Å². The van der Waals surface area contributed by atoms with Crippen LogP contribution in [0.25, 0.3) is 22.5 Å². The number of rotatable bonds is 1. The molecule has 2 N–H and O–H groups in total. The smallest absolute Gasteiger partial charge is 0.166 e. The number of hydrogen-bond acceptors (Lipinski definition) is 6. The van der Waals surface area contributed by atoms with E-state index in [1.54, 1.807) is 18.5 Å². The van der Waals surface area contributed by atoms with E-state index in [0.717, 1.165) is 27.9 Å². The highest BCUT2D eigenvalue weighted by Crippen LogP contribution is 2.38. The van der Waals surface area contributed by atoms with Crippen LogP contribution in [0.5, 0.6) is 5.75 Å². The van der Waals surface area contributed by atoms with Crippen LogP contribution in [0.4, 0.5) is 10.2 Å². The molecule has 30 heavy (non-hydrogen) atoms. The first kappa shape index (κ1) is 18.4. The molecule has 1 aromatic carbocycles. The van der Waals surface area contributed by atoms with Crippen LogP contribution in [0.2, 0.25) is 0 Å². The van der Waals surface area contributed by atoms with E-state index in [0.29, 0.717) is 30.0 Å². The Bertz CT molecular complexity index is 1250. The van der Waals surface area contributed by atoms with E-state index in [1.807, 2.05) is 30.8 Å². The summed E-state index contributed by atoms with van der Waals surface area (Å²) in [5.74, 6) is 0.352. The number of anilines is 1. The number of ether oxygens (including phenoxy) is 1. The minimum atomic E-state index is -0.491. The van der Waals surface area contributed by atoms with Gasteiger partial charge in [-0.2, -0.15) is 5.10 Å². The molecular weight excluding hydrogens is 385 g/mol. The molecule has 0 spiro atoms. The maximum atomic E-state index is 14.1. The first-order valence-electron chi connectivity index (χ1n) is 9.75. The highest BCUT2D eigenvalue weighted by atomic mass is 19.1. The predicted molar refractivity (Wildman–Crippen MR) is 109 cm³/mol. The van der Waals surface area contributed by atoms with Crippen LogP contribution in [0.15, 0.2) is 47.4 Å². The summed E-state index contributed by atoms with van der Waals surface area (Å²) in [7, 11) is 0. The topological polar surface area (TPSA) is 92.0 Å². The Hall–Kier alpha value is -3.68. The lowest BCUT2D eigenvalue weighted by Gasteiger charge is -2.20. The van der Waals surface area contributed by atoms with Crippen LogP contribution in [0.3, 0.4) is 0 Å². The molecule has 0 aliphatic carbocycles. The zero-order valence-electron chi connectivity index (χ0n) is 16.6. The van der Waals surface area contributed by atoms with Crippen molar-refractivity contribution in [1.29, 1.82) is 0 Å². The fourth-order valence-corrected chi connectivity index (χ4v) is 3.96. The van der Waals surface area contributed by atoms with Crippen LogP contribution in [-0.4, -0.2) is 19.9 Å². The molecule has 152 valence electrons. The van der Waals surface area contributed by atoms with Crippen molar-refractivity contribution in [2.75, 3.05) is 5.73 Å². The standard InChI is InChI=1S/C22H20FN5O2/c1-3-28-21-13(10-26-28)6-15-11-29-27-20(15)17-5-4-16(23)8-18(17)12(2)30-19-7-14(21)9-25-22(19)24/h4-5,7-12H,3,6H2,1-2H3,(H2,24,25)/t12-/m1/s1. The largest absolute Gasteiger partial charge is 0.482 e. The normalized spacial score (nSPS) is 15.2. The summed E-state index contributed by atoms with van der Waals surface area (Å²) in [6.45, 7) is 4.58. The molecule has 4 aromatic rings. The Balaban J connectivity index is 1.79. The van der Waals surface area contributed by atoms with Crippen molar-refractivity contribution in [3.63, 3.8) is 0 Å². The number of pyridine rings is 1. The molecule has 8 heteroatoms. The SMILES string of the molecule is CCn1ncc2c1-c1cnc(N)c(c1)O[C@H](C)c1cc(F)ccc1-c1nocc1C2. The van der Waals surface area contributed by atoms with Gasteiger partial charge < -0.3 is 15.0 Å². The van der Waals surface area contributed by atoms with Crippen molar-refractivity contribution < 1.29 is 13.7 Å². The minimum Gasteiger partial charge on any atom is -0.482 e. The fraction of sp³-hybridized carbons (Fsp3) is 0.227. The average Bonchev–Trinajstić information content (AvgIpc) is 3.36. The minimum absolute atomic E-state index is 0.270. The number of nitrogens with two attached hydrogens (primary N) is 1. The van der Waals surface area contributed by atoms with Crippen LogP contribution in [0, 0.1) is 5.82 Å². The highest BCUT2D eigenvalue weighted by molar-refractivity contribution is 5.71. The number of hydrogen-bond donors (Lipinski definition) is 1. The summed E-state index contributed by atoms with van der Waals surface area (Å²) in [5.41, 5.74) is 11.8. The van der Waals surface area contributed by atoms with Crippen LogP contribution < -0.4 is 10.5 Å². The van der Waals surface area contributed by atoms with Gasteiger partial charge in [0.1, 0.15) is 23.9 Å². The zero-order chi connectivity index (χ0) is 20.8. The van der Waals surface area contributed by atoms with E-state index >= 15 is 0 Å². The summed E-state index contributed by atoms with van der Waals surface area (Å²) >= 11 is 0. The van der Waals surface area contributed by atoms with Gasteiger partial charge in [-0.05, 0) is 38.1 Å². The number of benzene rings is 1. The Morgan fingerprint density at radius 2 is 2.10 bits per heavy atom. The summed E-state index contributed by atoms with van der Waals surface area (Å²) in [5, 5.41) is 8.75. The van der Waals surface area contributed by atoms with Gasteiger partial charge in [0.05, 0.1) is 11.9 Å². The number of fused-ring (bicyclic) bond motifs is 7. The van der Waals surface area contributed by atoms with Crippen LogP contribution in [-0.2, 0) is 13.0 Å².